The van der Waals surface area contributed by atoms with Crippen molar-refractivity contribution in [3.05, 3.63) is 11.4 Å². The van der Waals surface area contributed by atoms with E-state index < -0.39 is 8.80 Å². The molecule has 0 aromatic carbocycles. The van der Waals surface area contributed by atoms with Gasteiger partial charge in [0.15, 0.2) is 0 Å². The SMILES string of the molecule is [C-]#[N+]CCN(CCC[Si](OC)(OC)OC)C(C)C. The third kappa shape index (κ3) is 5.93. The Morgan fingerprint density at radius 2 is 1.67 bits per heavy atom. The lowest BCUT2D eigenvalue weighted by atomic mass is 10.3. The molecule has 0 saturated carbocycles. The molecular formula is C12H26N2O3Si. The van der Waals surface area contributed by atoms with E-state index >= 15 is 0 Å². The number of hydrogen-bond acceptors (Lipinski definition) is 4. The van der Waals surface area contributed by atoms with Crippen LogP contribution in [0, 0.1) is 6.57 Å². The summed E-state index contributed by atoms with van der Waals surface area (Å²) < 4.78 is 16.2. The maximum absolute atomic E-state index is 6.85. The highest BCUT2D eigenvalue weighted by atomic mass is 28.4. The van der Waals surface area contributed by atoms with Crippen molar-refractivity contribution >= 4 is 8.80 Å². The van der Waals surface area contributed by atoms with Crippen LogP contribution < -0.4 is 0 Å². The van der Waals surface area contributed by atoms with Gasteiger partial charge in [-0.25, -0.2) is 6.57 Å². The maximum Gasteiger partial charge on any atom is 0.500 e. The van der Waals surface area contributed by atoms with E-state index in [1.807, 2.05) is 0 Å². The molecule has 0 bridgehead atoms. The van der Waals surface area contributed by atoms with Gasteiger partial charge in [-0.05, 0) is 26.8 Å². The van der Waals surface area contributed by atoms with Crippen LogP contribution in [0.3, 0.4) is 0 Å². The molecule has 0 rings (SSSR count). The molecule has 0 atom stereocenters. The lowest BCUT2D eigenvalue weighted by molar-refractivity contribution is 0.120. The molecule has 0 aromatic heterocycles. The monoisotopic (exact) mass is 274 g/mol. The first kappa shape index (κ1) is 17.5. The van der Waals surface area contributed by atoms with Crippen LogP contribution in [0.5, 0.6) is 0 Å². The molecule has 0 aliphatic heterocycles. The average Bonchev–Trinajstić information content (AvgIpc) is 2.38. The van der Waals surface area contributed by atoms with Crippen molar-refractivity contribution in [2.45, 2.75) is 32.4 Å². The Balaban J connectivity index is 4.16. The predicted octanol–water partition coefficient (Wildman–Crippen LogP) is 1.88. The number of nitrogens with zero attached hydrogens (tertiary/aromatic N) is 2. The molecule has 6 heteroatoms. The molecule has 0 unspecified atom stereocenters. The van der Waals surface area contributed by atoms with Gasteiger partial charge in [-0.2, -0.15) is 0 Å². The van der Waals surface area contributed by atoms with Crippen LogP contribution in [-0.4, -0.2) is 60.7 Å². The number of rotatable bonds is 10. The molecule has 0 amide bonds. The molecule has 0 aromatic rings. The Hall–Kier alpha value is -0.453. The summed E-state index contributed by atoms with van der Waals surface area (Å²) in [6.45, 7) is 13.5. The fourth-order valence-electron chi connectivity index (χ4n) is 1.86. The first-order chi connectivity index (χ1) is 8.55. The summed E-state index contributed by atoms with van der Waals surface area (Å²) in [6, 6.07) is 1.26. The Morgan fingerprint density at radius 1 is 1.11 bits per heavy atom. The van der Waals surface area contributed by atoms with Gasteiger partial charge in [0, 0.05) is 33.4 Å². The molecule has 0 spiro atoms. The van der Waals surface area contributed by atoms with Gasteiger partial charge in [-0.1, -0.05) is 0 Å². The van der Waals surface area contributed by atoms with Crippen LogP contribution >= 0.6 is 0 Å². The van der Waals surface area contributed by atoms with Crippen LogP contribution in [0.4, 0.5) is 0 Å². The van der Waals surface area contributed by atoms with E-state index in [-0.39, 0.29) is 0 Å². The van der Waals surface area contributed by atoms with Crippen LogP contribution in [0.25, 0.3) is 4.85 Å². The van der Waals surface area contributed by atoms with Crippen molar-refractivity contribution in [1.82, 2.24) is 4.90 Å². The molecule has 0 radical (unpaired) electrons. The zero-order valence-electron chi connectivity index (χ0n) is 12.2. The topological polar surface area (TPSA) is 35.3 Å². The van der Waals surface area contributed by atoms with E-state index in [1.165, 1.54) is 0 Å². The van der Waals surface area contributed by atoms with E-state index in [2.05, 4.69) is 23.6 Å². The summed E-state index contributed by atoms with van der Waals surface area (Å²) in [4.78, 5) is 5.71. The summed E-state index contributed by atoms with van der Waals surface area (Å²) in [5.41, 5.74) is 0. The Bertz CT molecular complexity index is 244. The zero-order valence-corrected chi connectivity index (χ0v) is 13.2. The summed E-state index contributed by atoms with van der Waals surface area (Å²) in [5, 5.41) is 0. The molecule has 0 N–H and O–H groups in total. The zero-order chi connectivity index (χ0) is 14.0. The van der Waals surface area contributed by atoms with Crippen molar-refractivity contribution in [2.24, 2.45) is 0 Å². The van der Waals surface area contributed by atoms with Gasteiger partial charge in [0.25, 0.3) is 0 Å². The van der Waals surface area contributed by atoms with Crippen LogP contribution in [0.2, 0.25) is 6.04 Å². The van der Waals surface area contributed by atoms with Crippen molar-refractivity contribution in [1.29, 1.82) is 0 Å². The molecule has 0 heterocycles. The molecule has 0 aliphatic rings. The Morgan fingerprint density at radius 3 is 2.06 bits per heavy atom. The first-order valence-corrected chi connectivity index (χ1v) is 8.21. The summed E-state index contributed by atoms with van der Waals surface area (Å²) in [6.07, 6.45) is 0.956. The third-order valence-corrected chi connectivity index (χ3v) is 5.92. The van der Waals surface area contributed by atoms with E-state index in [9.17, 15) is 0 Å². The fourth-order valence-corrected chi connectivity index (χ4v) is 3.56. The largest absolute Gasteiger partial charge is 0.500 e. The van der Waals surface area contributed by atoms with E-state index in [0.717, 1.165) is 25.6 Å². The summed E-state index contributed by atoms with van der Waals surface area (Å²) >= 11 is 0. The van der Waals surface area contributed by atoms with Crippen LogP contribution in [0.1, 0.15) is 20.3 Å². The average molecular weight is 274 g/mol. The minimum Gasteiger partial charge on any atom is -0.377 e. The maximum atomic E-state index is 6.85. The minimum absolute atomic E-state index is 0.454. The van der Waals surface area contributed by atoms with Gasteiger partial charge in [-0.15, -0.1) is 0 Å². The predicted molar refractivity (Wildman–Crippen MR) is 74.4 cm³/mol. The van der Waals surface area contributed by atoms with Crippen molar-refractivity contribution < 1.29 is 13.3 Å². The lowest BCUT2D eigenvalue weighted by Gasteiger charge is -2.27. The normalized spacial score (nSPS) is 12.1. The number of hydrogen-bond donors (Lipinski definition) is 0. The standard InChI is InChI=1S/C12H26N2O3Si/c1-12(2)14(10-8-13-3)9-7-11-18(15-4,16-5)17-6/h12H,7-11H2,1-2,4-6H3. The van der Waals surface area contributed by atoms with Gasteiger partial charge in [0.1, 0.15) is 0 Å². The van der Waals surface area contributed by atoms with E-state index in [1.54, 1.807) is 21.3 Å². The van der Waals surface area contributed by atoms with Gasteiger partial charge in [0.05, 0.1) is 6.54 Å². The minimum atomic E-state index is -2.44. The lowest BCUT2D eigenvalue weighted by Crippen LogP contribution is -2.43. The molecule has 106 valence electrons. The van der Waals surface area contributed by atoms with Gasteiger partial charge in [0.2, 0.25) is 6.54 Å². The second kappa shape index (κ2) is 9.47. The molecule has 5 nitrogen and oxygen atoms in total. The third-order valence-electron chi connectivity index (χ3n) is 3.09. The highest BCUT2D eigenvalue weighted by Crippen LogP contribution is 2.15. The molecule has 0 fully saturated rings. The van der Waals surface area contributed by atoms with Gasteiger partial charge in [-0.3, -0.25) is 4.90 Å². The molecular weight excluding hydrogens is 248 g/mol. The molecule has 0 saturated heterocycles. The van der Waals surface area contributed by atoms with Crippen molar-refractivity contribution in [3.63, 3.8) is 0 Å². The first-order valence-electron chi connectivity index (χ1n) is 6.28. The van der Waals surface area contributed by atoms with Gasteiger partial charge >= 0.3 is 8.80 Å². The highest BCUT2D eigenvalue weighted by Gasteiger charge is 2.37. The smallest absolute Gasteiger partial charge is 0.377 e. The van der Waals surface area contributed by atoms with Crippen LogP contribution in [0.15, 0.2) is 0 Å². The van der Waals surface area contributed by atoms with Crippen molar-refractivity contribution in [2.75, 3.05) is 41.0 Å². The highest BCUT2D eigenvalue weighted by molar-refractivity contribution is 6.60. The quantitative estimate of drug-likeness (QED) is 0.450. The van der Waals surface area contributed by atoms with E-state index in [0.29, 0.717) is 12.6 Å². The van der Waals surface area contributed by atoms with Crippen molar-refractivity contribution in [3.8, 4) is 0 Å². The van der Waals surface area contributed by atoms with Gasteiger partial charge < -0.3 is 18.1 Å². The fraction of sp³-hybridized carbons (Fsp3) is 0.917. The Kier molecular flexibility index (Phi) is 9.24. The Labute approximate surface area is 112 Å². The summed E-state index contributed by atoms with van der Waals surface area (Å²) in [7, 11) is 2.47. The van der Waals surface area contributed by atoms with Crippen LogP contribution in [-0.2, 0) is 13.3 Å². The molecule has 18 heavy (non-hydrogen) atoms. The molecule has 0 aliphatic carbocycles. The second-order valence-corrected chi connectivity index (χ2v) is 7.50. The second-order valence-electron chi connectivity index (χ2n) is 4.41. The summed E-state index contributed by atoms with van der Waals surface area (Å²) in [5.74, 6) is 0. The van der Waals surface area contributed by atoms with E-state index in [4.69, 9.17) is 19.9 Å².